The van der Waals surface area contributed by atoms with E-state index in [0.717, 1.165) is 6.42 Å². The van der Waals surface area contributed by atoms with Crippen molar-refractivity contribution in [2.75, 3.05) is 0 Å². The molecule has 0 heterocycles. The van der Waals surface area contributed by atoms with Crippen LogP contribution in [0.4, 0.5) is 0 Å². The zero-order valence-corrected chi connectivity index (χ0v) is 11.4. The van der Waals surface area contributed by atoms with E-state index in [1.165, 1.54) is 4.91 Å². The molecule has 0 bridgehead atoms. The van der Waals surface area contributed by atoms with Crippen molar-refractivity contribution in [3.63, 3.8) is 0 Å². The van der Waals surface area contributed by atoms with Crippen molar-refractivity contribution in [1.29, 1.82) is 0 Å². The van der Waals surface area contributed by atoms with Gasteiger partial charge in [0.05, 0.1) is 6.04 Å². The summed E-state index contributed by atoms with van der Waals surface area (Å²) in [5, 5.41) is 0. The van der Waals surface area contributed by atoms with E-state index in [1.54, 1.807) is 0 Å². The highest BCUT2D eigenvalue weighted by atomic mass is 32.2. The monoisotopic (exact) mass is 235 g/mol. The summed E-state index contributed by atoms with van der Waals surface area (Å²) in [6, 6.07) is 0.403. The minimum absolute atomic E-state index is 0.326. The van der Waals surface area contributed by atoms with Gasteiger partial charge in [-0.05, 0) is 17.9 Å². The second-order valence-corrected chi connectivity index (χ2v) is 6.78. The zero-order valence-electron chi connectivity index (χ0n) is 10.6. The van der Waals surface area contributed by atoms with Crippen LogP contribution in [0.25, 0.3) is 0 Å². The maximum atomic E-state index is 4.45. The lowest BCUT2D eigenvalue weighted by Gasteiger charge is -2.27. The van der Waals surface area contributed by atoms with Crippen LogP contribution in [-0.4, -0.2) is 17.0 Å². The molecule has 1 rings (SSSR count). The summed E-state index contributed by atoms with van der Waals surface area (Å²) in [5.41, 5.74) is 0. The van der Waals surface area contributed by atoms with Crippen molar-refractivity contribution in [2.45, 2.75) is 44.9 Å². The molecule has 1 atom stereocenters. The maximum absolute atomic E-state index is 4.45. The van der Waals surface area contributed by atoms with E-state index in [-0.39, 0.29) is 0 Å². The molecular weight excluding hydrogens is 214 g/mol. The number of rotatable bonds is 4. The highest BCUT2D eigenvalue weighted by Crippen LogP contribution is 2.39. The van der Waals surface area contributed by atoms with E-state index in [4.69, 9.17) is 0 Å². The molecule has 1 aliphatic rings. The van der Waals surface area contributed by atoms with Gasteiger partial charge < -0.3 is 0 Å². The van der Waals surface area contributed by atoms with Crippen LogP contribution in [-0.2, 0) is 0 Å². The van der Waals surface area contributed by atoms with Crippen LogP contribution in [0.2, 0.25) is 0 Å². The van der Waals surface area contributed by atoms with E-state index in [0.29, 0.717) is 10.8 Å². The molecule has 0 aliphatic heterocycles. The van der Waals surface area contributed by atoms with Crippen molar-refractivity contribution in [1.82, 2.24) is 0 Å². The average Bonchev–Trinajstić information content (AvgIpc) is 2.11. The van der Waals surface area contributed by atoms with E-state index in [2.05, 4.69) is 31.8 Å². The van der Waals surface area contributed by atoms with Crippen LogP contribution in [0.5, 0.6) is 0 Å². The summed E-state index contributed by atoms with van der Waals surface area (Å²) in [7, 11) is 0. The van der Waals surface area contributed by atoms with Crippen molar-refractivity contribution < 1.29 is 0 Å². The van der Waals surface area contributed by atoms with Crippen molar-refractivity contribution in [3.05, 3.63) is 35.3 Å². The molecule has 88 valence electrons. The van der Waals surface area contributed by atoms with Crippen molar-refractivity contribution >= 4 is 18.0 Å². The highest BCUT2D eigenvalue weighted by molar-refractivity contribution is 8.04. The molecule has 0 amide bonds. The minimum Gasteiger partial charge on any atom is -0.285 e. The molecule has 0 aromatic heterocycles. The summed E-state index contributed by atoms with van der Waals surface area (Å²) in [6.07, 6.45) is 13.2. The van der Waals surface area contributed by atoms with Crippen LogP contribution in [0, 0.1) is 0 Å². The van der Waals surface area contributed by atoms with Gasteiger partial charge in [-0.1, -0.05) is 45.1 Å². The van der Waals surface area contributed by atoms with E-state index in [9.17, 15) is 0 Å². The Kier molecular flexibility index (Phi) is 5.07. The first kappa shape index (κ1) is 13.3. The lowest BCUT2D eigenvalue weighted by atomic mass is 10.1. The Labute approximate surface area is 103 Å². The number of hydrogen-bond donors (Lipinski definition) is 0. The van der Waals surface area contributed by atoms with Crippen LogP contribution in [0.1, 0.15) is 34.1 Å². The lowest BCUT2D eigenvalue weighted by Crippen LogP contribution is -2.17. The lowest BCUT2D eigenvalue weighted by molar-refractivity contribution is 0.751. The average molecular weight is 235 g/mol. The van der Waals surface area contributed by atoms with E-state index >= 15 is 0 Å². The summed E-state index contributed by atoms with van der Waals surface area (Å²) in [4.78, 5) is 5.92. The molecule has 16 heavy (non-hydrogen) atoms. The van der Waals surface area contributed by atoms with Gasteiger partial charge in [0.25, 0.3) is 0 Å². The Hall–Kier alpha value is -0.760. The molecule has 0 saturated carbocycles. The molecule has 0 aromatic rings. The highest BCUT2D eigenvalue weighted by Gasteiger charge is 2.22. The van der Waals surface area contributed by atoms with Crippen molar-refractivity contribution in [2.24, 2.45) is 4.99 Å². The smallest absolute Gasteiger partial charge is 0.0735 e. The van der Waals surface area contributed by atoms with Crippen LogP contribution < -0.4 is 0 Å². The third-order valence-corrected chi connectivity index (χ3v) is 3.18. The normalized spacial score (nSPS) is 22.0. The van der Waals surface area contributed by atoms with Crippen LogP contribution in [0.15, 0.2) is 40.3 Å². The molecule has 0 aromatic carbocycles. The molecular formula is C14H21NS. The third-order valence-electron chi connectivity index (χ3n) is 2.00. The SMILES string of the molecule is C/C=C\C=C/C=NC1C=C(SC(C)(C)C)C1. The van der Waals surface area contributed by atoms with Gasteiger partial charge in [0.1, 0.15) is 0 Å². The summed E-state index contributed by atoms with van der Waals surface area (Å²) >= 11 is 1.95. The first-order valence-corrected chi connectivity index (χ1v) is 6.54. The van der Waals surface area contributed by atoms with Gasteiger partial charge in [-0.2, -0.15) is 0 Å². The molecule has 0 spiro atoms. The van der Waals surface area contributed by atoms with Gasteiger partial charge in [-0.15, -0.1) is 11.8 Å². The van der Waals surface area contributed by atoms with Crippen LogP contribution in [0.3, 0.4) is 0 Å². The molecule has 0 saturated heterocycles. The van der Waals surface area contributed by atoms with E-state index in [1.807, 2.05) is 49.2 Å². The quantitative estimate of drug-likeness (QED) is 0.520. The largest absolute Gasteiger partial charge is 0.285 e. The molecule has 1 unspecified atom stereocenters. The Balaban J connectivity index is 2.30. The molecule has 2 heteroatoms. The van der Waals surface area contributed by atoms with Crippen molar-refractivity contribution in [3.8, 4) is 0 Å². The third kappa shape index (κ3) is 5.36. The summed E-state index contributed by atoms with van der Waals surface area (Å²) < 4.78 is 0.326. The fourth-order valence-electron chi connectivity index (χ4n) is 1.34. The topological polar surface area (TPSA) is 12.4 Å². The number of allylic oxidation sites excluding steroid dienone is 4. The predicted molar refractivity (Wildman–Crippen MR) is 76.3 cm³/mol. The first-order chi connectivity index (χ1) is 7.51. The summed E-state index contributed by atoms with van der Waals surface area (Å²) in [5.74, 6) is 0. The van der Waals surface area contributed by atoms with Gasteiger partial charge in [0.2, 0.25) is 0 Å². The maximum Gasteiger partial charge on any atom is 0.0735 e. The van der Waals surface area contributed by atoms with Gasteiger partial charge in [-0.25, -0.2) is 0 Å². The Morgan fingerprint density at radius 1 is 1.31 bits per heavy atom. The second-order valence-electron chi connectivity index (χ2n) is 4.83. The van der Waals surface area contributed by atoms with E-state index < -0.39 is 0 Å². The second kappa shape index (κ2) is 6.09. The standard InChI is InChI=1S/C14H21NS/c1-5-6-7-8-9-15-12-10-13(11-12)16-14(2,3)4/h5-10,12H,11H2,1-4H3/b6-5-,8-7-,15-9?. The van der Waals surface area contributed by atoms with Crippen LogP contribution >= 0.6 is 11.8 Å². The number of nitrogens with zero attached hydrogens (tertiary/aromatic N) is 1. The molecule has 0 radical (unpaired) electrons. The zero-order chi connectivity index (χ0) is 12.0. The summed E-state index contributed by atoms with van der Waals surface area (Å²) in [6.45, 7) is 8.74. The molecule has 0 N–H and O–H groups in total. The van der Waals surface area contributed by atoms with Gasteiger partial charge in [0, 0.05) is 17.4 Å². The predicted octanol–water partition coefficient (Wildman–Crippen LogP) is 4.38. The number of hydrogen-bond acceptors (Lipinski definition) is 2. The fraction of sp³-hybridized carbons (Fsp3) is 0.500. The van der Waals surface area contributed by atoms with Gasteiger partial charge >= 0.3 is 0 Å². The number of aliphatic imine (C=N–C) groups is 1. The fourth-order valence-corrected chi connectivity index (χ4v) is 2.60. The molecule has 1 nitrogen and oxygen atoms in total. The Bertz CT molecular complexity index is 329. The number of thioether (sulfide) groups is 1. The van der Waals surface area contributed by atoms with Gasteiger partial charge in [-0.3, -0.25) is 4.99 Å². The van der Waals surface area contributed by atoms with Gasteiger partial charge in [0.15, 0.2) is 0 Å². The Morgan fingerprint density at radius 2 is 2.00 bits per heavy atom. The molecule has 1 aliphatic carbocycles. The first-order valence-electron chi connectivity index (χ1n) is 5.72. The molecule has 0 fully saturated rings. The minimum atomic E-state index is 0.326. The Morgan fingerprint density at radius 3 is 2.56 bits per heavy atom.